The van der Waals surface area contributed by atoms with Gasteiger partial charge in [0.05, 0.1) is 10.6 Å². The number of hydrogen-bond acceptors (Lipinski definition) is 5. The van der Waals surface area contributed by atoms with Crippen molar-refractivity contribution in [1.82, 2.24) is 4.90 Å². The second-order valence-corrected chi connectivity index (χ2v) is 10.6. The third-order valence-corrected chi connectivity index (χ3v) is 7.83. The van der Waals surface area contributed by atoms with Gasteiger partial charge in [-0.1, -0.05) is 45.0 Å². The van der Waals surface area contributed by atoms with Crippen molar-refractivity contribution in [1.29, 1.82) is 0 Å². The van der Waals surface area contributed by atoms with Crippen LogP contribution < -0.4 is 9.62 Å². The molecule has 3 aromatic carbocycles. The Kier molecular flexibility index (Phi) is 8.93. The molecular weight excluding hydrogens is 476 g/mol. The molecule has 1 N–H and O–H groups in total. The van der Waals surface area contributed by atoms with Crippen LogP contribution in [0.5, 0.6) is 0 Å². The summed E-state index contributed by atoms with van der Waals surface area (Å²) in [5, 5.41) is 0. The smallest absolute Gasteiger partial charge is 0.253 e. The molecule has 1 saturated heterocycles. The highest BCUT2D eigenvalue weighted by atomic mass is 32.2. The standard InChI is InChI=1S/C31H38N4OS/c1-6-24-9-8-10-29(30(24)32-7-2)37-33-27-15-13-25(14-16-27)31(36)35-19-17-34(18-20-35)28-21-26(22(3)4)12-11-23(28)5/h7-16,21-22,33H,6,17-20H2,1-5H3. The molecule has 0 aliphatic carbocycles. The second-order valence-electron chi connectivity index (χ2n) is 9.77. The number of benzene rings is 3. The number of nitrogens with zero attached hydrogens (tertiary/aromatic N) is 3. The summed E-state index contributed by atoms with van der Waals surface area (Å²) in [4.78, 5) is 23.3. The van der Waals surface area contributed by atoms with E-state index in [1.807, 2.05) is 42.3 Å². The Morgan fingerprint density at radius 1 is 1.05 bits per heavy atom. The molecule has 0 radical (unpaired) electrons. The van der Waals surface area contributed by atoms with Crippen molar-refractivity contribution >= 4 is 41.1 Å². The van der Waals surface area contributed by atoms with Crippen LogP contribution in [0, 0.1) is 6.92 Å². The van der Waals surface area contributed by atoms with Crippen molar-refractivity contribution in [2.24, 2.45) is 4.99 Å². The minimum atomic E-state index is 0.0988. The highest BCUT2D eigenvalue weighted by molar-refractivity contribution is 8.00. The van der Waals surface area contributed by atoms with Gasteiger partial charge in [-0.15, -0.1) is 0 Å². The molecule has 0 unspecified atom stereocenters. The summed E-state index contributed by atoms with van der Waals surface area (Å²) in [6.45, 7) is 13.9. The monoisotopic (exact) mass is 514 g/mol. The first-order chi connectivity index (χ1) is 17.9. The highest BCUT2D eigenvalue weighted by Gasteiger charge is 2.23. The highest BCUT2D eigenvalue weighted by Crippen LogP contribution is 2.34. The van der Waals surface area contributed by atoms with Gasteiger partial charge >= 0.3 is 0 Å². The van der Waals surface area contributed by atoms with E-state index in [2.05, 4.69) is 78.7 Å². The summed E-state index contributed by atoms with van der Waals surface area (Å²) in [5.74, 6) is 0.605. The number of para-hydroxylation sites is 1. The maximum absolute atomic E-state index is 13.2. The molecule has 6 heteroatoms. The molecule has 5 nitrogen and oxygen atoms in total. The Bertz CT molecular complexity index is 1240. The van der Waals surface area contributed by atoms with Crippen LogP contribution in [-0.4, -0.2) is 43.2 Å². The van der Waals surface area contributed by atoms with E-state index >= 15 is 0 Å². The summed E-state index contributed by atoms with van der Waals surface area (Å²) in [6, 6.07) is 20.8. The fourth-order valence-electron chi connectivity index (χ4n) is 4.67. The van der Waals surface area contributed by atoms with Gasteiger partial charge < -0.3 is 14.5 Å². The molecule has 194 valence electrons. The van der Waals surface area contributed by atoms with Crippen molar-refractivity contribution in [2.75, 3.05) is 35.8 Å². The Hall–Kier alpha value is -3.25. The quantitative estimate of drug-likeness (QED) is 0.250. The van der Waals surface area contributed by atoms with E-state index < -0.39 is 0 Å². The number of aryl methyl sites for hydroxylation is 2. The minimum absolute atomic E-state index is 0.0988. The zero-order valence-electron chi connectivity index (χ0n) is 22.6. The molecule has 0 saturated carbocycles. The predicted octanol–water partition coefficient (Wildman–Crippen LogP) is 7.48. The van der Waals surface area contributed by atoms with Gasteiger partial charge in [-0.05, 0) is 91.2 Å². The zero-order chi connectivity index (χ0) is 26.4. The maximum atomic E-state index is 13.2. The van der Waals surface area contributed by atoms with Crippen LogP contribution in [0.15, 0.2) is 70.6 Å². The zero-order valence-corrected chi connectivity index (χ0v) is 23.4. The molecule has 37 heavy (non-hydrogen) atoms. The number of nitrogens with one attached hydrogen (secondary N) is 1. The van der Waals surface area contributed by atoms with Crippen LogP contribution >= 0.6 is 11.9 Å². The Balaban J connectivity index is 1.36. The number of hydrogen-bond donors (Lipinski definition) is 1. The summed E-state index contributed by atoms with van der Waals surface area (Å²) in [5.41, 5.74) is 7.88. The first-order valence-electron chi connectivity index (χ1n) is 13.2. The third-order valence-electron chi connectivity index (χ3n) is 6.94. The van der Waals surface area contributed by atoms with Gasteiger partial charge in [0.2, 0.25) is 0 Å². The second kappa shape index (κ2) is 12.3. The molecule has 1 aliphatic heterocycles. The summed E-state index contributed by atoms with van der Waals surface area (Å²) >= 11 is 1.55. The SMILES string of the molecule is CC=Nc1c(CC)cccc1SNc1ccc(C(=O)N2CCN(c3cc(C(C)C)ccc3C)CC2)cc1. The molecule has 1 fully saturated rings. The van der Waals surface area contributed by atoms with E-state index in [1.54, 1.807) is 11.9 Å². The van der Waals surface area contributed by atoms with Crippen LogP contribution in [0.4, 0.5) is 17.1 Å². The maximum Gasteiger partial charge on any atom is 0.253 e. The average molecular weight is 515 g/mol. The van der Waals surface area contributed by atoms with E-state index in [1.165, 1.54) is 22.4 Å². The fourth-order valence-corrected chi connectivity index (χ4v) is 5.46. The van der Waals surface area contributed by atoms with Gasteiger partial charge in [-0.3, -0.25) is 9.79 Å². The van der Waals surface area contributed by atoms with Gasteiger partial charge in [0, 0.05) is 49.3 Å². The number of carbonyl (C=O) groups is 1. The van der Waals surface area contributed by atoms with E-state index in [0.717, 1.165) is 54.4 Å². The van der Waals surface area contributed by atoms with Crippen LogP contribution in [0.2, 0.25) is 0 Å². The Labute approximate surface area is 226 Å². The lowest BCUT2D eigenvalue weighted by Gasteiger charge is -2.37. The topological polar surface area (TPSA) is 47.9 Å². The van der Waals surface area contributed by atoms with E-state index in [9.17, 15) is 4.79 Å². The molecular formula is C31H38N4OS. The normalized spacial score (nSPS) is 14.0. The number of rotatable bonds is 8. The third kappa shape index (κ3) is 6.37. The Morgan fingerprint density at radius 2 is 1.78 bits per heavy atom. The largest absolute Gasteiger partial charge is 0.368 e. The number of amides is 1. The van der Waals surface area contributed by atoms with Crippen molar-refractivity contribution in [3.63, 3.8) is 0 Å². The van der Waals surface area contributed by atoms with Gasteiger partial charge in [0.25, 0.3) is 5.91 Å². The van der Waals surface area contributed by atoms with Gasteiger partial charge in [0.15, 0.2) is 0 Å². The Morgan fingerprint density at radius 3 is 2.43 bits per heavy atom. The molecule has 1 amide bonds. The van der Waals surface area contributed by atoms with Crippen molar-refractivity contribution in [3.05, 3.63) is 82.9 Å². The lowest BCUT2D eigenvalue weighted by Crippen LogP contribution is -2.49. The van der Waals surface area contributed by atoms with Crippen LogP contribution in [0.1, 0.15) is 60.7 Å². The van der Waals surface area contributed by atoms with Gasteiger partial charge in [0.1, 0.15) is 0 Å². The molecule has 1 heterocycles. The lowest BCUT2D eigenvalue weighted by molar-refractivity contribution is 0.0747. The number of piperazine rings is 1. The summed E-state index contributed by atoms with van der Waals surface area (Å²) in [6.07, 6.45) is 2.78. The molecule has 0 spiro atoms. The van der Waals surface area contributed by atoms with Crippen molar-refractivity contribution in [2.45, 2.75) is 51.9 Å². The van der Waals surface area contributed by atoms with Crippen molar-refractivity contribution in [3.8, 4) is 0 Å². The van der Waals surface area contributed by atoms with Gasteiger partial charge in [-0.2, -0.15) is 0 Å². The predicted molar refractivity (Wildman–Crippen MR) is 159 cm³/mol. The molecule has 0 atom stereocenters. The molecule has 0 aromatic heterocycles. The molecule has 4 rings (SSSR count). The molecule has 0 bridgehead atoms. The van der Waals surface area contributed by atoms with Crippen molar-refractivity contribution < 1.29 is 4.79 Å². The first kappa shape index (κ1) is 26.8. The average Bonchev–Trinajstić information content (AvgIpc) is 2.92. The lowest BCUT2D eigenvalue weighted by atomic mass is 10.00. The molecule has 1 aliphatic rings. The fraction of sp³-hybridized carbons (Fsp3) is 0.355. The van der Waals surface area contributed by atoms with Crippen LogP contribution in [0.25, 0.3) is 0 Å². The summed E-state index contributed by atoms with van der Waals surface area (Å²) in [7, 11) is 0. The van der Waals surface area contributed by atoms with Crippen LogP contribution in [0.3, 0.4) is 0 Å². The number of carbonyl (C=O) groups excluding carboxylic acids is 1. The van der Waals surface area contributed by atoms with E-state index in [4.69, 9.17) is 0 Å². The minimum Gasteiger partial charge on any atom is -0.368 e. The number of aliphatic imine (C=N–C) groups is 1. The van der Waals surface area contributed by atoms with Crippen LogP contribution in [-0.2, 0) is 6.42 Å². The van der Waals surface area contributed by atoms with E-state index in [0.29, 0.717) is 5.92 Å². The van der Waals surface area contributed by atoms with Gasteiger partial charge in [-0.25, -0.2) is 0 Å². The first-order valence-corrected chi connectivity index (χ1v) is 14.0. The number of anilines is 2. The van der Waals surface area contributed by atoms with E-state index in [-0.39, 0.29) is 5.91 Å². The summed E-state index contributed by atoms with van der Waals surface area (Å²) < 4.78 is 3.41. The molecule has 3 aromatic rings.